The average Bonchev–Trinajstić information content (AvgIpc) is 2.39. The average molecular weight is 309 g/mol. The van der Waals surface area contributed by atoms with Gasteiger partial charge < -0.3 is 15.2 Å². The Morgan fingerprint density at radius 3 is 2.82 bits per heavy atom. The van der Waals surface area contributed by atoms with Crippen LogP contribution >= 0.6 is 0 Å². The number of ether oxygens (including phenoxy) is 1. The fraction of sp³-hybridized carbons (Fsp3) is 0.667. The summed E-state index contributed by atoms with van der Waals surface area (Å²) in [5.41, 5.74) is -0.840. The van der Waals surface area contributed by atoms with Crippen LogP contribution in [-0.4, -0.2) is 38.7 Å². The summed E-state index contributed by atoms with van der Waals surface area (Å²) in [5.74, 6) is 0. The summed E-state index contributed by atoms with van der Waals surface area (Å²) in [6, 6.07) is 2.29. The highest BCUT2D eigenvalue weighted by molar-refractivity contribution is 5.68. The van der Waals surface area contributed by atoms with Gasteiger partial charge in [-0.3, -0.25) is 4.79 Å². The van der Waals surface area contributed by atoms with E-state index in [0.717, 1.165) is 0 Å². The quantitative estimate of drug-likeness (QED) is 0.857. The first-order valence-electron chi connectivity index (χ1n) is 7.48. The minimum atomic E-state index is -0.588. The molecule has 22 heavy (non-hydrogen) atoms. The number of aliphatic hydroxyl groups excluding tert-OH is 1. The largest absolute Gasteiger partial charge is 0.444 e. The molecule has 1 fully saturated rings. The first-order valence-corrected chi connectivity index (χ1v) is 7.48. The summed E-state index contributed by atoms with van der Waals surface area (Å²) < 4.78 is 6.59. The predicted molar refractivity (Wildman–Crippen MR) is 80.5 cm³/mol. The maximum atomic E-state index is 12.0. The minimum Gasteiger partial charge on any atom is -0.444 e. The van der Waals surface area contributed by atoms with E-state index in [1.54, 1.807) is 26.8 Å². The van der Waals surface area contributed by atoms with Crippen molar-refractivity contribution in [3.05, 3.63) is 28.7 Å². The van der Waals surface area contributed by atoms with Crippen LogP contribution in [0.5, 0.6) is 0 Å². The second-order valence-electron chi connectivity index (χ2n) is 6.59. The molecule has 0 radical (unpaired) electrons. The summed E-state index contributed by atoms with van der Waals surface area (Å²) in [7, 11) is 0. The molecule has 1 aromatic heterocycles. The number of nitrogens with zero attached hydrogens (tertiary/aromatic N) is 2. The van der Waals surface area contributed by atoms with Crippen LogP contribution in [-0.2, 0) is 4.74 Å². The Kier molecular flexibility index (Phi) is 4.85. The Morgan fingerprint density at radius 1 is 1.45 bits per heavy atom. The second-order valence-corrected chi connectivity index (χ2v) is 6.59. The smallest absolute Gasteiger partial charge is 0.407 e. The normalized spacial score (nSPS) is 25.5. The van der Waals surface area contributed by atoms with Crippen molar-refractivity contribution in [3.8, 4) is 0 Å². The van der Waals surface area contributed by atoms with E-state index in [-0.39, 0.29) is 17.6 Å². The lowest BCUT2D eigenvalue weighted by atomic mass is 9.88. The van der Waals surface area contributed by atoms with Gasteiger partial charge in [-0.25, -0.2) is 9.48 Å². The van der Waals surface area contributed by atoms with Gasteiger partial charge in [0, 0.05) is 12.3 Å². The van der Waals surface area contributed by atoms with Crippen molar-refractivity contribution in [1.82, 2.24) is 15.1 Å². The van der Waals surface area contributed by atoms with Crippen LogP contribution in [0.1, 0.15) is 46.1 Å². The van der Waals surface area contributed by atoms with Gasteiger partial charge in [-0.15, -0.1) is 0 Å². The van der Waals surface area contributed by atoms with E-state index in [1.807, 2.05) is 0 Å². The maximum absolute atomic E-state index is 12.0. The van der Waals surface area contributed by atoms with E-state index in [2.05, 4.69) is 10.4 Å². The molecule has 0 aromatic carbocycles. The molecule has 3 unspecified atom stereocenters. The van der Waals surface area contributed by atoms with Crippen LogP contribution in [0.4, 0.5) is 4.79 Å². The summed E-state index contributed by atoms with van der Waals surface area (Å²) >= 11 is 0. The van der Waals surface area contributed by atoms with Gasteiger partial charge in [-0.2, -0.15) is 5.10 Å². The monoisotopic (exact) mass is 309 g/mol. The lowest BCUT2D eigenvalue weighted by molar-refractivity contribution is 0.0382. The third-order valence-electron chi connectivity index (χ3n) is 3.55. The summed E-state index contributed by atoms with van der Waals surface area (Å²) in [5, 5.41) is 16.8. The molecule has 1 amide bonds. The number of rotatable bonds is 2. The third-order valence-corrected chi connectivity index (χ3v) is 3.55. The van der Waals surface area contributed by atoms with E-state index >= 15 is 0 Å². The molecular weight excluding hydrogens is 286 g/mol. The molecule has 7 nitrogen and oxygen atoms in total. The standard InChI is InChI=1S/C15H23N3O4/c1-15(2,3)22-14(21)17-11-7-6-10(19)9-12(11)18-13(20)5-4-8-16-18/h4-5,8,10-12,19H,6-7,9H2,1-3H3,(H,17,21). The van der Waals surface area contributed by atoms with Crippen LogP contribution in [0.3, 0.4) is 0 Å². The Balaban J connectivity index is 2.16. The molecule has 1 aromatic rings. The van der Waals surface area contributed by atoms with Gasteiger partial charge in [0.1, 0.15) is 5.60 Å². The third kappa shape index (κ3) is 4.30. The van der Waals surface area contributed by atoms with Crippen LogP contribution < -0.4 is 10.9 Å². The lowest BCUT2D eigenvalue weighted by Gasteiger charge is -2.35. The topological polar surface area (TPSA) is 93.4 Å². The molecule has 3 atom stereocenters. The van der Waals surface area contributed by atoms with Crippen LogP contribution in [0, 0.1) is 0 Å². The number of aliphatic hydroxyl groups is 1. The SMILES string of the molecule is CC(C)(C)OC(=O)NC1CCC(O)CC1n1ncccc1=O. The van der Waals surface area contributed by atoms with Gasteiger partial charge in [-0.1, -0.05) is 0 Å². The zero-order valence-corrected chi connectivity index (χ0v) is 13.2. The number of nitrogens with one attached hydrogen (secondary N) is 1. The van der Waals surface area contributed by atoms with Gasteiger partial charge in [0.2, 0.25) is 0 Å². The van der Waals surface area contributed by atoms with Crippen LogP contribution in [0.25, 0.3) is 0 Å². The molecule has 1 heterocycles. The van der Waals surface area contributed by atoms with Crippen molar-refractivity contribution in [3.63, 3.8) is 0 Å². The van der Waals surface area contributed by atoms with E-state index < -0.39 is 17.8 Å². The molecule has 1 saturated carbocycles. The molecule has 0 saturated heterocycles. The predicted octanol–water partition coefficient (Wildman–Crippen LogP) is 1.22. The summed E-state index contributed by atoms with van der Waals surface area (Å²) in [6.07, 6.45) is 2.00. The number of hydrogen-bond donors (Lipinski definition) is 2. The van der Waals surface area contributed by atoms with E-state index in [1.165, 1.54) is 16.9 Å². The van der Waals surface area contributed by atoms with Crippen LogP contribution in [0.2, 0.25) is 0 Å². The number of amides is 1. The van der Waals surface area contributed by atoms with Crippen molar-refractivity contribution < 1.29 is 14.6 Å². The number of carbonyl (C=O) groups excluding carboxylic acids is 1. The molecule has 0 bridgehead atoms. The zero-order chi connectivity index (χ0) is 16.3. The maximum Gasteiger partial charge on any atom is 0.407 e. The molecule has 1 aliphatic carbocycles. The highest BCUT2D eigenvalue weighted by Gasteiger charge is 2.34. The first-order chi connectivity index (χ1) is 10.3. The van der Waals surface area contributed by atoms with Gasteiger partial charge in [0.15, 0.2) is 0 Å². The molecule has 0 spiro atoms. The fourth-order valence-electron chi connectivity index (χ4n) is 2.64. The zero-order valence-electron chi connectivity index (χ0n) is 13.2. The van der Waals surface area contributed by atoms with Crippen molar-refractivity contribution in [2.45, 2.75) is 63.8 Å². The number of aromatic nitrogens is 2. The minimum absolute atomic E-state index is 0.252. The van der Waals surface area contributed by atoms with Crippen molar-refractivity contribution in [2.75, 3.05) is 0 Å². The molecule has 0 aliphatic heterocycles. The molecular formula is C15H23N3O4. The van der Waals surface area contributed by atoms with E-state index in [0.29, 0.717) is 19.3 Å². The Hall–Kier alpha value is -1.89. The Bertz CT molecular complexity index is 579. The van der Waals surface area contributed by atoms with Gasteiger partial charge in [0.25, 0.3) is 5.56 Å². The molecule has 2 N–H and O–H groups in total. The van der Waals surface area contributed by atoms with Gasteiger partial charge >= 0.3 is 6.09 Å². The molecule has 1 aliphatic rings. The number of carbonyl (C=O) groups is 1. The highest BCUT2D eigenvalue weighted by atomic mass is 16.6. The second kappa shape index (κ2) is 6.48. The number of hydrogen-bond acceptors (Lipinski definition) is 5. The van der Waals surface area contributed by atoms with Crippen LogP contribution in [0.15, 0.2) is 23.1 Å². The highest BCUT2D eigenvalue weighted by Crippen LogP contribution is 2.27. The lowest BCUT2D eigenvalue weighted by Crippen LogP contribution is -2.49. The van der Waals surface area contributed by atoms with Gasteiger partial charge in [-0.05, 0) is 46.1 Å². The van der Waals surface area contributed by atoms with Crippen molar-refractivity contribution in [2.24, 2.45) is 0 Å². The number of alkyl carbamates (subject to hydrolysis) is 1. The van der Waals surface area contributed by atoms with E-state index in [4.69, 9.17) is 4.74 Å². The molecule has 7 heteroatoms. The Labute approximate surface area is 129 Å². The van der Waals surface area contributed by atoms with E-state index in [9.17, 15) is 14.7 Å². The fourth-order valence-corrected chi connectivity index (χ4v) is 2.64. The summed E-state index contributed by atoms with van der Waals surface area (Å²) in [6.45, 7) is 5.37. The van der Waals surface area contributed by atoms with Gasteiger partial charge in [0.05, 0.1) is 18.2 Å². The molecule has 2 rings (SSSR count). The van der Waals surface area contributed by atoms with Crippen molar-refractivity contribution in [1.29, 1.82) is 0 Å². The molecule has 122 valence electrons. The first kappa shape index (κ1) is 16.5. The van der Waals surface area contributed by atoms with Crippen molar-refractivity contribution >= 4 is 6.09 Å². The summed E-state index contributed by atoms with van der Waals surface area (Å²) in [4.78, 5) is 23.9. The Morgan fingerprint density at radius 2 is 2.18 bits per heavy atom.